The maximum absolute atomic E-state index is 11.3. The molecule has 0 aliphatic carbocycles. The van der Waals surface area contributed by atoms with Gasteiger partial charge in [0.05, 0.1) is 6.54 Å². The first-order valence-electron chi connectivity index (χ1n) is 5.50. The Morgan fingerprint density at radius 1 is 1.33 bits per heavy atom. The fourth-order valence-corrected chi connectivity index (χ4v) is 1.42. The van der Waals surface area contributed by atoms with Crippen LogP contribution in [0.2, 0.25) is 0 Å². The van der Waals surface area contributed by atoms with E-state index in [0.29, 0.717) is 18.1 Å². The molecule has 0 radical (unpaired) electrons. The summed E-state index contributed by atoms with van der Waals surface area (Å²) >= 11 is 0. The Kier molecular flexibility index (Phi) is 6.75. The quantitative estimate of drug-likeness (QED) is 0.659. The van der Waals surface area contributed by atoms with E-state index in [1.54, 1.807) is 0 Å². The molecule has 0 aromatic carbocycles. The topological polar surface area (TPSA) is 58.2 Å². The van der Waals surface area contributed by atoms with Crippen molar-refractivity contribution < 1.29 is 9.59 Å². The fourth-order valence-electron chi connectivity index (χ4n) is 1.42. The first-order chi connectivity index (χ1) is 7.02. The van der Waals surface area contributed by atoms with E-state index in [0.717, 1.165) is 6.42 Å². The van der Waals surface area contributed by atoms with Crippen LogP contribution in [-0.2, 0) is 4.79 Å². The molecule has 0 bridgehead atoms. The van der Waals surface area contributed by atoms with Crippen molar-refractivity contribution in [2.45, 2.75) is 40.2 Å². The lowest BCUT2D eigenvalue weighted by molar-refractivity contribution is -0.107. The molecule has 2 amide bonds. The van der Waals surface area contributed by atoms with Crippen molar-refractivity contribution >= 4 is 12.3 Å². The van der Waals surface area contributed by atoms with Crippen molar-refractivity contribution in [2.24, 2.45) is 11.8 Å². The first kappa shape index (κ1) is 13.9. The van der Waals surface area contributed by atoms with Gasteiger partial charge in [0.1, 0.15) is 6.29 Å². The van der Waals surface area contributed by atoms with Crippen molar-refractivity contribution in [3.63, 3.8) is 0 Å². The van der Waals surface area contributed by atoms with Crippen LogP contribution in [0.15, 0.2) is 0 Å². The second-order valence-electron chi connectivity index (χ2n) is 4.14. The van der Waals surface area contributed by atoms with Crippen molar-refractivity contribution in [3.05, 3.63) is 0 Å². The van der Waals surface area contributed by atoms with Crippen molar-refractivity contribution in [2.75, 3.05) is 6.54 Å². The van der Waals surface area contributed by atoms with Crippen LogP contribution in [0.1, 0.15) is 34.1 Å². The zero-order chi connectivity index (χ0) is 11.8. The summed E-state index contributed by atoms with van der Waals surface area (Å²) in [6.45, 7) is 8.51. The third kappa shape index (κ3) is 5.40. The van der Waals surface area contributed by atoms with E-state index in [-0.39, 0.29) is 18.6 Å². The molecule has 0 aromatic heterocycles. The van der Waals surface area contributed by atoms with Crippen molar-refractivity contribution in [3.8, 4) is 0 Å². The molecule has 2 unspecified atom stereocenters. The number of aldehydes is 1. The molecular weight excluding hydrogens is 192 g/mol. The third-order valence-electron chi connectivity index (χ3n) is 2.79. The van der Waals surface area contributed by atoms with Crippen LogP contribution >= 0.6 is 0 Å². The Labute approximate surface area is 91.8 Å². The number of urea groups is 1. The van der Waals surface area contributed by atoms with Crippen LogP contribution in [0, 0.1) is 11.8 Å². The molecule has 4 nitrogen and oxygen atoms in total. The van der Waals surface area contributed by atoms with Gasteiger partial charge in [-0.1, -0.05) is 27.7 Å². The lowest BCUT2D eigenvalue weighted by atomic mass is 9.89. The van der Waals surface area contributed by atoms with Gasteiger partial charge in [-0.05, 0) is 18.3 Å². The van der Waals surface area contributed by atoms with E-state index in [1.165, 1.54) is 0 Å². The molecular formula is C11H22N2O2. The summed E-state index contributed by atoms with van der Waals surface area (Å²) in [4.78, 5) is 21.4. The van der Waals surface area contributed by atoms with E-state index in [1.807, 2.05) is 6.92 Å². The largest absolute Gasteiger partial charge is 0.335 e. The van der Waals surface area contributed by atoms with Gasteiger partial charge in [0.2, 0.25) is 0 Å². The average molecular weight is 214 g/mol. The van der Waals surface area contributed by atoms with E-state index >= 15 is 0 Å². The maximum atomic E-state index is 11.3. The Hall–Kier alpha value is -1.06. The van der Waals surface area contributed by atoms with Crippen molar-refractivity contribution in [1.82, 2.24) is 10.6 Å². The summed E-state index contributed by atoms with van der Waals surface area (Å²) in [6.07, 6.45) is 1.57. The zero-order valence-corrected chi connectivity index (χ0v) is 10.0. The number of carbonyl (C=O) groups is 2. The normalized spacial score (nSPS) is 14.5. The predicted octanol–water partition coefficient (Wildman–Crippen LogP) is 1.56. The minimum Gasteiger partial charge on any atom is -0.335 e. The second kappa shape index (κ2) is 7.26. The lowest BCUT2D eigenvalue weighted by Gasteiger charge is -2.26. The van der Waals surface area contributed by atoms with Gasteiger partial charge in [0.15, 0.2) is 0 Å². The Morgan fingerprint density at radius 3 is 2.33 bits per heavy atom. The molecule has 0 rings (SSSR count). The highest BCUT2D eigenvalue weighted by Crippen LogP contribution is 2.16. The zero-order valence-electron chi connectivity index (χ0n) is 10.0. The van der Waals surface area contributed by atoms with Crippen molar-refractivity contribution in [1.29, 1.82) is 0 Å². The Balaban J connectivity index is 4.08. The molecule has 0 saturated heterocycles. The first-order valence-corrected chi connectivity index (χ1v) is 5.50. The van der Waals surface area contributed by atoms with E-state index in [9.17, 15) is 9.59 Å². The fraction of sp³-hybridized carbons (Fsp3) is 0.818. The number of amides is 2. The molecule has 0 spiro atoms. The van der Waals surface area contributed by atoms with Gasteiger partial charge >= 0.3 is 6.03 Å². The third-order valence-corrected chi connectivity index (χ3v) is 2.79. The van der Waals surface area contributed by atoms with Crippen LogP contribution in [0.25, 0.3) is 0 Å². The Morgan fingerprint density at radius 2 is 1.93 bits per heavy atom. The summed E-state index contributed by atoms with van der Waals surface area (Å²) in [7, 11) is 0. The van der Waals surface area contributed by atoms with Gasteiger partial charge < -0.3 is 15.4 Å². The van der Waals surface area contributed by atoms with Crippen LogP contribution in [0.4, 0.5) is 4.79 Å². The smallest absolute Gasteiger partial charge is 0.315 e. The predicted molar refractivity (Wildman–Crippen MR) is 60.7 cm³/mol. The molecule has 0 aromatic rings. The highest BCUT2D eigenvalue weighted by molar-refractivity contribution is 5.76. The molecule has 15 heavy (non-hydrogen) atoms. The van der Waals surface area contributed by atoms with Gasteiger partial charge in [0.25, 0.3) is 0 Å². The molecule has 0 aliphatic rings. The number of carbonyl (C=O) groups excluding carboxylic acids is 2. The van der Waals surface area contributed by atoms with E-state index in [2.05, 4.69) is 31.4 Å². The summed E-state index contributed by atoms with van der Waals surface area (Å²) in [5.74, 6) is 0.957. The lowest BCUT2D eigenvalue weighted by Crippen LogP contribution is -2.46. The Bertz CT molecular complexity index is 205. The molecule has 2 atom stereocenters. The number of rotatable bonds is 6. The minimum atomic E-state index is -0.263. The van der Waals surface area contributed by atoms with Crippen LogP contribution in [0.5, 0.6) is 0 Å². The average Bonchev–Trinajstić information content (AvgIpc) is 2.21. The number of hydrogen-bond donors (Lipinski definition) is 2. The maximum Gasteiger partial charge on any atom is 0.315 e. The highest BCUT2D eigenvalue weighted by atomic mass is 16.2. The molecule has 2 N–H and O–H groups in total. The van der Waals surface area contributed by atoms with Gasteiger partial charge in [-0.25, -0.2) is 4.79 Å². The molecule has 0 heterocycles. The molecule has 0 aliphatic heterocycles. The molecule has 88 valence electrons. The summed E-state index contributed by atoms with van der Waals surface area (Å²) < 4.78 is 0. The minimum absolute atomic E-state index is 0.0678. The monoisotopic (exact) mass is 214 g/mol. The second-order valence-corrected chi connectivity index (χ2v) is 4.14. The molecule has 0 saturated carbocycles. The van der Waals surface area contributed by atoms with Crippen LogP contribution in [-0.4, -0.2) is 24.9 Å². The SMILES string of the molecule is CCC(NC(=O)NCC=O)C(C)C(C)C. The van der Waals surface area contributed by atoms with Gasteiger partial charge in [-0.3, -0.25) is 0 Å². The standard InChI is InChI=1S/C11H22N2O2/c1-5-10(9(4)8(2)3)13-11(15)12-6-7-14/h7-10H,5-6H2,1-4H3,(H2,12,13,15). The van der Waals surface area contributed by atoms with Gasteiger partial charge in [0, 0.05) is 6.04 Å². The highest BCUT2D eigenvalue weighted by Gasteiger charge is 2.19. The van der Waals surface area contributed by atoms with Gasteiger partial charge in [-0.2, -0.15) is 0 Å². The van der Waals surface area contributed by atoms with E-state index in [4.69, 9.17) is 0 Å². The van der Waals surface area contributed by atoms with Crippen LogP contribution < -0.4 is 10.6 Å². The van der Waals surface area contributed by atoms with E-state index < -0.39 is 0 Å². The molecule has 4 heteroatoms. The summed E-state index contributed by atoms with van der Waals surface area (Å²) in [5.41, 5.74) is 0. The summed E-state index contributed by atoms with van der Waals surface area (Å²) in [6, 6.07) is -0.0990. The molecule has 0 fully saturated rings. The number of hydrogen-bond acceptors (Lipinski definition) is 2. The van der Waals surface area contributed by atoms with Gasteiger partial charge in [-0.15, -0.1) is 0 Å². The summed E-state index contributed by atoms with van der Waals surface area (Å²) in [5, 5.41) is 5.35. The number of nitrogens with one attached hydrogen (secondary N) is 2. The van der Waals surface area contributed by atoms with Crippen LogP contribution in [0.3, 0.4) is 0 Å².